The summed E-state index contributed by atoms with van der Waals surface area (Å²) in [6.45, 7) is 0. The van der Waals surface area contributed by atoms with Crippen molar-refractivity contribution < 1.29 is 18.8 Å². The minimum absolute atomic E-state index is 0.110. The van der Waals surface area contributed by atoms with Gasteiger partial charge in [-0.15, -0.1) is 0 Å². The molecule has 1 N–H and O–H groups in total. The summed E-state index contributed by atoms with van der Waals surface area (Å²) in [6, 6.07) is 8.16. The van der Waals surface area contributed by atoms with Gasteiger partial charge in [-0.25, -0.2) is 4.79 Å². The molecule has 0 spiro atoms. The van der Waals surface area contributed by atoms with E-state index in [1.807, 2.05) is 12.1 Å². The first-order chi connectivity index (χ1) is 13.9. The van der Waals surface area contributed by atoms with Gasteiger partial charge in [-0.05, 0) is 65.2 Å². The lowest BCUT2D eigenvalue weighted by molar-refractivity contribution is -0.131. The highest BCUT2D eigenvalue weighted by Crippen LogP contribution is 2.37. The second-order valence-corrected chi connectivity index (χ2v) is 9.11. The fraction of sp³-hybridized carbons (Fsp3) is 0.250. The average Bonchev–Trinajstić information content (AvgIpc) is 3.31. The molecule has 1 aliphatic heterocycles. The van der Waals surface area contributed by atoms with Crippen molar-refractivity contribution in [1.82, 2.24) is 10.2 Å². The number of furan rings is 1. The SMILES string of the molecule is O=C1NC(=O)N(C2CCCC2)C(=O)/C1=C/c1cc(Br)c(Sc2ccc(Cl)cc2)o1. The number of halogens is 2. The van der Waals surface area contributed by atoms with Crippen molar-refractivity contribution in [3.63, 3.8) is 0 Å². The average molecular weight is 496 g/mol. The standard InChI is InChI=1S/C20H16BrClN2O4S/c21-16-10-13(28-19(16)29-14-7-5-11(22)6-8-14)9-15-17(25)23-20(27)24(18(15)26)12-3-1-2-4-12/h5-10,12H,1-4H2,(H,23,25,27)/b15-9+. The third-order valence-corrected chi connectivity index (χ3v) is 6.91. The first-order valence-electron chi connectivity index (χ1n) is 9.05. The second-order valence-electron chi connectivity index (χ2n) is 6.77. The van der Waals surface area contributed by atoms with Crippen molar-refractivity contribution >= 4 is 63.2 Å². The smallest absolute Gasteiger partial charge is 0.331 e. The molecule has 4 rings (SSSR count). The maximum atomic E-state index is 12.9. The van der Waals surface area contributed by atoms with Crippen LogP contribution in [0, 0.1) is 0 Å². The number of hydrogen-bond acceptors (Lipinski definition) is 5. The van der Waals surface area contributed by atoms with E-state index in [0.29, 0.717) is 20.3 Å². The van der Waals surface area contributed by atoms with Gasteiger partial charge in [0.2, 0.25) is 0 Å². The first-order valence-corrected chi connectivity index (χ1v) is 11.0. The number of rotatable bonds is 4. The van der Waals surface area contributed by atoms with Crippen LogP contribution in [-0.2, 0) is 9.59 Å². The molecule has 0 bridgehead atoms. The molecule has 6 nitrogen and oxygen atoms in total. The van der Waals surface area contributed by atoms with E-state index in [4.69, 9.17) is 16.0 Å². The van der Waals surface area contributed by atoms with Crippen LogP contribution in [0.25, 0.3) is 6.08 Å². The number of hydrogen-bond donors (Lipinski definition) is 1. The molecular weight excluding hydrogens is 480 g/mol. The zero-order valence-electron chi connectivity index (χ0n) is 15.1. The van der Waals surface area contributed by atoms with E-state index in [-0.39, 0.29) is 11.6 Å². The molecule has 1 aromatic heterocycles. The zero-order valence-corrected chi connectivity index (χ0v) is 18.3. The third-order valence-electron chi connectivity index (χ3n) is 4.81. The van der Waals surface area contributed by atoms with E-state index in [1.54, 1.807) is 18.2 Å². The lowest BCUT2D eigenvalue weighted by atomic mass is 10.1. The van der Waals surface area contributed by atoms with Crippen LogP contribution in [0.15, 0.2) is 54.8 Å². The molecular formula is C20H16BrClN2O4S. The second kappa shape index (κ2) is 8.38. The number of barbiturate groups is 1. The van der Waals surface area contributed by atoms with Crippen molar-refractivity contribution in [2.75, 3.05) is 0 Å². The van der Waals surface area contributed by atoms with E-state index in [0.717, 1.165) is 30.6 Å². The molecule has 9 heteroatoms. The normalized spacial score (nSPS) is 19.3. The third kappa shape index (κ3) is 4.29. The van der Waals surface area contributed by atoms with Crippen LogP contribution in [0.3, 0.4) is 0 Å². The summed E-state index contributed by atoms with van der Waals surface area (Å²) in [5.41, 5.74) is -0.110. The molecule has 2 fully saturated rings. The Bertz CT molecular complexity index is 1010. The van der Waals surface area contributed by atoms with Gasteiger partial charge in [0.15, 0.2) is 5.09 Å². The Labute approximate surface area is 184 Å². The lowest BCUT2D eigenvalue weighted by Gasteiger charge is -2.30. The summed E-state index contributed by atoms with van der Waals surface area (Å²) < 4.78 is 6.50. The summed E-state index contributed by atoms with van der Waals surface area (Å²) in [5, 5.41) is 3.48. The van der Waals surface area contributed by atoms with Crippen molar-refractivity contribution in [2.45, 2.75) is 41.7 Å². The minimum Gasteiger partial charge on any atom is -0.449 e. The van der Waals surface area contributed by atoms with Crippen LogP contribution in [0.2, 0.25) is 5.02 Å². The number of nitrogens with zero attached hydrogens (tertiary/aromatic N) is 1. The highest BCUT2D eigenvalue weighted by Gasteiger charge is 2.40. The van der Waals surface area contributed by atoms with Crippen LogP contribution >= 0.6 is 39.3 Å². The van der Waals surface area contributed by atoms with Crippen LogP contribution in [-0.4, -0.2) is 28.8 Å². The van der Waals surface area contributed by atoms with E-state index >= 15 is 0 Å². The van der Waals surface area contributed by atoms with Crippen LogP contribution in [0.1, 0.15) is 31.4 Å². The number of carbonyl (C=O) groups is 3. The van der Waals surface area contributed by atoms with E-state index in [9.17, 15) is 14.4 Å². The predicted octanol–water partition coefficient (Wildman–Crippen LogP) is 5.25. The molecule has 1 aromatic carbocycles. The maximum Gasteiger partial charge on any atom is 0.331 e. The summed E-state index contributed by atoms with van der Waals surface area (Å²) in [5.74, 6) is -0.952. The van der Waals surface area contributed by atoms with E-state index in [1.165, 1.54) is 22.7 Å². The number of imide groups is 2. The molecule has 1 saturated heterocycles. The van der Waals surface area contributed by atoms with Crippen LogP contribution in [0.5, 0.6) is 0 Å². The van der Waals surface area contributed by atoms with Gasteiger partial charge in [-0.1, -0.05) is 36.2 Å². The summed E-state index contributed by atoms with van der Waals surface area (Å²) in [7, 11) is 0. The fourth-order valence-electron chi connectivity index (χ4n) is 3.43. The molecule has 29 heavy (non-hydrogen) atoms. The van der Waals surface area contributed by atoms with Gasteiger partial charge in [0, 0.05) is 16.0 Å². The fourth-order valence-corrected chi connectivity index (χ4v) is 4.88. The number of benzene rings is 1. The number of amides is 4. The molecule has 150 valence electrons. The Morgan fingerprint density at radius 2 is 1.86 bits per heavy atom. The molecule has 2 heterocycles. The molecule has 0 unspecified atom stereocenters. The Morgan fingerprint density at radius 3 is 2.55 bits per heavy atom. The number of urea groups is 1. The maximum absolute atomic E-state index is 12.9. The van der Waals surface area contributed by atoms with Crippen molar-refractivity contribution in [3.8, 4) is 0 Å². The Balaban J connectivity index is 1.59. The van der Waals surface area contributed by atoms with Crippen molar-refractivity contribution in [3.05, 3.63) is 51.2 Å². The lowest BCUT2D eigenvalue weighted by Crippen LogP contribution is -2.57. The molecule has 2 aliphatic rings. The van der Waals surface area contributed by atoms with E-state index < -0.39 is 17.8 Å². The summed E-state index contributed by atoms with van der Waals surface area (Å²) in [6.07, 6.45) is 4.82. The Morgan fingerprint density at radius 1 is 1.17 bits per heavy atom. The quantitative estimate of drug-likeness (QED) is 0.463. The molecule has 4 amide bonds. The largest absolute Gasteiger partial charge is 0.449 e. The van der Waals surface area contributed by atoms with Gasteiger partial charge in [-0.2, -0.15) is 0 Å². The van der Waals surface area contributed by atoms with Crippen LogP contribution in [0.4, 0.5) is 4.79 Å². The monoisotopic (exact) mass is 494 g/mol. The van der Waals surface area contributed by atoms with Crippen molar-refractivity contribution in [2.24, 2.45) is 0 Å². The highest BCUT2D eigenvalue weighted by atomic mass is 79.9. The van der Waals surface area contributed by atoms with Gasteiger partial charge in [0.25, 0.3) is 11.8 Å². The topological polar surface area (TPSA) is 79.6 Å². The molecule has 0 atom stereocenters. The highest BCUT2D eigenvalue weighted by molar-refractivity contribution is 9.10. The summed E-state index contributed by atoms with van der Waals surface area (Å²) >= 11 is 10.7. The zero-order chi connectivity index (χ0) is 20.5. The Hall–Kier alpha value is -2.03. The number of nitrogens with one attached hydrogen (secondary N) is 1. The Kier molecular flexibility index (Phi) is 5.85. The van der Waals surface area contributed by atoms with Gasteiger partial charge in [-0.3, -0.25) is 19.8 Å². The van der Waals surface area contributed by atoms with Gasteiger partial charge < -0.3 is 4.42 Å². The number of carbonyl (C=O) groups excluding carboxylic acids is 3. The van der Waals surface area contributed by atoms with Crippen molar-refractivity contribution in [1.29, 1.82) is 0 Å². The molecule has 1 saturated carbocycles. The molecule has 0 radical (unpaired) electrons. The van der Waals surface area contributed by atoms with E-state index in [2.05, 4.69) is 21.2 Å². The predicted molar refractivity (Wildman–Crippen MR) is 113 cm³/mol. The summed E-state index contributed by atoms with van der Waals surface area (Å²) in [4.78, 5) is 39.4. The van der Waals surface area contributed by atoms with Gasteiger partial charge >= 0.3 is 6.03 Å². The first kappa shape index (κ1) is 20.3. The minimum atomic E-state index is -0.714. The van der Waals surface area contributed by atoms with Gasteiger partial charge in [0.05, 0.1) is 4.47 Å². The van der Waals surface area contributed by atoms with Crippen LogP contribution < -0.4 is 5.32 Å². The molecule has 2 aromatic rings. The molecule has 1 aliphatic carbocycles. The van der Waals surface area contributed by atoms with Gasteiger partial charge in [0.1, 0.15) is 11.3 Å².